The summed E-state index contributed by atoms with van der Waals surface area (Å²) in [7, 11) is 0. The third kappa shape index (κ3) is 4.69. The second kappa shape index (κ2) is 7.97. The van der Waals surface area contributed by atoms with Crippen LogP contribution < -0.4 is 0 Å². The predicted molar refractivity (Wildman–Crippen MR) is 85.4 cm³/mol. The standard InChI is InChI=1S/C16H19ClN2O4/c17-13-5-2-1-4-12(13)16(23)19-10-8-18(9-11-19)14(20)6-3-7-15(21)22/h1-2,4-5H,3,6-11H2,(H,21,22). The lowest BCUT2D eigenvalue weighted by atomic mass is 10.1. The third-order valence-corrected chi connectivity index (χ3v) is 4.13. The number of carboxylic acid groups (broad SMARTS) is 1. The van der Waals surface area contributed by atoms with E-state index in [4.69, 9.17) is 16.7 Å². The summed E-state index contributed by atoms with van der Waals surface area (Å²) in [4.78, 5) is 38.2. The molecule has 0 aromatic heterocycles. The molecule has 23 heavy (non-hydrogen) atoms. The quantitative estimate of drug-likeness (QED) is 0.889. The molecule has 0 atom stereocenters. The van der Waals surface area contributed by atoms with E-state index in [-0.39, 0.29) is 24.7 Å². The van der Waals surface area contributed by atoms with Crippen molar-refractivity contribution in [2.75, 3.05) is 26.2 Å². The maximum atomic E-state index is 12.4. The molecule has 124 valence electrons. The molecule has 1 aromatic rings. The van der Waals surface area contributed by atoms with Gasteiger partial charge in [0.2, 0.25) is 5.91 Å². The summed E-state index contributed by atoms with van der Waals surface area (Å²) in [5, 5.41) is 9.00. The Morgan fingerprint density at radius 3 is 2.22 bits per heavy atom. The Balaban J connectivity index is 1.84. The van der Waals surface area contributed by atoms with E-state index in [0.717, 1.165) is 0 Å². The van der Waals surface area contributed by atoms with Gasteiger partial charge in [0.25, 0.3) is 5.91 Å². The van der Waals surface area contributed by atoms with Gasteiger partial charge in [-0.3, -0.25) is 14.4 Å². The van der Waals surface area contributed by atoms with E-state index in [0.29, 0.717) is 43.2 Å². The Labute approximate surface area is 139 Å². The topological polar surface area (TPSA) is 77.9 Å². The van der Waals surface area contributed by atoms with Crippen molar-refractivity contribution in [2.24, 2.45) is 0 Å². The molecule has 2 amide bonds. The Kier molecular flexibility index (Phi) is 5.98. The zero-order chi connectivity index (χ0) is 16.8. The number of hydrogen-bond acceptors (Lipinski definition) is 3. The molecule has 0 saturated carbocycles. The second-order valence-electron chi connectivity index (χ2n) is 5.40. The van der Waals surface area contributed by atoms with E-state index in [1.54, 1.807) is 34.1 Å². The molecule has 1 aliphatic rings. The molecule has 1 aliphatic heterocycles. The smallest absolute Gasteiger partial charge is 0.303 e. The van der Waals surface area contributed by atoms with Crippen LogP contribution in [0.2, 0.25) is 5.02 Å². The van der Waals surface area contributed by atoms with Gasteiger partial charge in [-0.1, -0.05) is 23.7 Å². The van der Waals surface area contributed by atoms with Crippen molar-refractivity contribution in [2.45, 2.75) is 19.3 Å². The Morgan fingerprint density at radius 2 is 1.61 bits per heavy atom. The number of nitrogens with zero attached hydrogens (tertiary/aromatic N) is 2. The number of piperazine rings is 1. The van der Waals surface area contributed by atoms with Gasteiger partial charge in [-0.2, -0.15) is 0 Å². The first-order valence-corrected chi connectivity index (χ1v) is 7.90. The zero-order valence-corrected chi connectivity index (χ0v) is 13.5. The monoisotopic (exact) mass is 338 g/mol. The van der Waals surface area contributed by atoms with E-state index >= 15 is 0 Å². The van der Waals surface area contributed by atoms with Crippen LogP contribution >= 0.6 is 11.6 Å². The molecule has 1 N–H and O–H groups in total. The molecule has 2 rings (SSSR count). The summed E-state index contributed by atoms with van der Waals surface area (Å²) in [5.41, 5.74) is 0.468. The lowest BCUT2D eigenvalue weighted by Gasteiger charge is -2.35. The SMILES string of the molecule is O=C(O)CCCC(=O)N1CCN(C(=O)c2ccccc2Cl)CC1. The van der Waals surface area contributed by atoms with Crippen molar-refractivity contribution in [1.29, 1.82) is 0 Å². The number of benzene rings is 1. The minimum absolute atomic E-state index is 0.00328. The summed E-state index contributed by atoms with van der Waals surface area (Å²) in [6.07, 6.45) is 0.564. The van der Waals surface area contributed by atoms with Crippen LogP contribution in [0.4, 0.5) is 0 Å². The van der Waals surface area contributed by atoms with Crippen LogP contribution in [0.15, 0.2) is 24.3 Å². The first-order valence-electron chi connectivity index (χ1n) is 7.52. The van der Waals surface area contributed by atoms with Crippen LogP contribution in [0.25, 0.3) is 0 Å². The first-order chi connectivity index (χ1) is 11.0. The average molecular weight is 339 g/mol. The van der Waals surface area contributed by atoms with Gasteiger partial charge in [0, 0.05) is 39.0 Å². The number of rotatable bonds is 5. The molecular formula is C16H19ClN2O4. The fraction of sp³-hybridized carbons (Fsp3) is 0.438. The molecule has 1 heterocycles. The maximum Gasteiger partial charge on any atom is 0.303 e. The van der Waals surface area contributed by atoms with Gasteiger partial charge in [0.1, 0.15) is 0 Å². The van der Waals surface area contributed by atoms with Crippen molar-refractivity contribution >= 4 is 29.4 Å². The van der Waals surface area contributed by atoms with Gasteiger partial charge < -0.3 is 14.9 Å². The number of carbonyl (C=O) groups is 3. The van der Waals surface area contributed by atoms with Crippen LogP contribution in [0, 0.1) is 0 Å². The van der Waals surface area contributed by atoms with E-state index < -0.39 is 5.97 Å². The summed E-state index contributed by atoms with van der Waals surface area (Å²) in [6, 6.07) is 6.90. The molecule has 0 bridgehead atoms. The summed E-state index contributed by atoms with van der Waals surface area (Å²) in [5.74, 6) is -1.09. The number of hydrogen-bond donors (Lipinski definition) is 1. The van der Waals surface area contributed by atoms with Gasteiger partial charge in [-0.15, -0.1) is 0 Å². The lowest BCUT2D eigenvalue weighted by molar-refractivity contribution is -0.137. The Hall–Kier alpha value is -2.08. The second-order valence-corrected chi connectivity index (χ2v) is 5.81. The van der Waals surface area contributed by atoms with E-state index in [1.807, 2.05) is 0 Å². The summed E-state index contributed by atoms with van der Waals surface area (Å²) in [6.45, 7) is 1.83. The number of carbonyl (C=O) groups excluding carboxylic acids is 2. The van der Waals surface area contributed by atoms with Crippen molar-refractivity contribution in [1.82, 2.24) is 9.80 Å². The van der Waals surface area contributed by atoms with Crippen molar-refractivity contribution in [3.05, 3.63) is 34.9 Å². The highest BCUT2D eigenvalue weighted by atomic mass is 35.5. The minimum atomic E-state index is -0.895. The average Bonchev–Trinajstić information content (AvgIpc) is 2.54. The van der Waals surface area contributed by atoms with Crippen LogP contribution in [-0.2, 0) is 9.59 Å². The fourth-order valence-electron chi connectivity index (χ4n) is 2.51. The normalized spacial score (nSPS) is 14.7. The van der Waals surface area contributed by atoms with E-state index in [9.17, 15) is 14.4 Å². The van der Waals surface area contributed by atoms with Gasteiger partial charge in [0.05, 0.1) is 10.6 Å². The molecule has 0 spiro atoms. The van der Waals surface area contributed by atoms with E-state index in [1.165, 1.54) is 0 Å². The van der Waals surface area contributed by atoms with E-state index in [2.05, 4.69) is 0 Å². The fourth-order valence-corrected chi connectivity index (χ4v) is 2.73. The molecule has 1 saturated heterocycles. The van der Waals surface area contributed by atoms with Crippen LogP contribution in [-0.4, -0.2) is 58.9 Å². The summed E-state index contributed by atoms with van der Waals surface area (Å²) >= 11 is 6.04. The Morgan fingerprint density at radius 1 is 1.00 bits per heavy atom. The van der Waals surface area contributed by atoms with Gasteiger partial charge in [-0.05, 0) is 18.6 Å². The van der Waals surface area contributed by atoms with Crippen LogP contribution in [0.3, 0.4) is 0 Å². The van der Waals surface area contributed by atoms with Crippen LogP contribution in [0.1, 0.15) is 29.6 Å². The first kappa shape index (κ1) is 17.3. The molecule has 0 radical (unpaired) electrons. The number of aliphatic carboxylic acids is 1. The van der Waals surface area contributed by atoms with Gasteiger partial charge >= 0.3 is 5.97 Å². The number of halogens is 1. The largest absolute Gasteiger partial charge is 0.481 e. The minimum Gasteiger partial charge on any atom is -0.481 e. The molecule has 7 heteroatoms. The molecule has 0 unspecified atom stereocenters. The van der Waals surface area contributed by atoms with Crippen LogP contribution in [0.5, 0.6) is 0 Å². The molecule has 1 fully saturated rings. The maximum absolute atomic E-state index is 12.4. The number of carboxylic acids is 1. The highest BCUT2D eigenvalue weighted by molar-refractivity contribution is 6.33. The predicted octanol–water partition coefficient (Wildman–Crippen LogP) is 1.88. The third-order valence-electron chi connectivity index (χ3n) is 3.81. The Bertz CT molecular complexity index is 597. The summed E-state index contributed by atoms with van der Waals surface area (Å²) < 4.78 is 0. The highest BCUT2D eigenvalue weighted by Crippen LogP contribution is 2.18. The van der Waals surface area contributed by atoms with Gasteiger partial charge in [0.15, 0.2) is 0 Å². The van der Waals surface area contributed by atoms with Crippen molar-refractivity contribution in [3.63, 3.8) is 0 Å². The molecular weight excluding hydrogens is 320 g/mol. The molecule has 1 aromatic carbocycles. The lowest BCUT2D eigenvalue weighted by Crippen LogP contribution is -2.50. The van der Waals surface area contributed by atoms with Crippen molar-refractivity contribution < 1.29 is 19.5 Å². The number of amides is 2. The highest BCUT2D eigenvalue weighted by Gasteiger charge is 2.25. The zero-order valence-electron chi connectivity index (χ0n) is 12.7. The van der Waals surface area contributed by atoms with Gasteiger partial charge in [-0.25, -0.2) is 0 Å². The molecule has 0 aliphatic carbocycles. The molecule has 6 nitrogen and oxygen atoms in total. The van der Waals surface area contributed by atoms with Crippen molar-refractivity contribution in [3.8, 4) is 0 Å².